The van der Waals surface area contributed by atoms with Crippen LogP contribution in [0.4, 0.5) is 0 Å². The fraction of sp³-hybridized carbons (Fsp3) is 0. The molecule has 0 unspecified atom stereocenters. The number of aromatic amines is 2. The van der Waals surface area contributed by atoms with Crippen LogP contribution in [0.5, 0.6) is 0 Å². The minimum Gasteiger partial charge on any atom is -1.00 e. The Kier molecular flexibility index (Phi) is 13.0. The van der Waals surface area contributed by atoms with Gasteiger partial charge in [0.15, 0.2) is 7.91 Å². The fourth-order valence-corrected chi connectivity index (χ4v) is 1.37. The van der Waals surface area contributed by atoms with Crippen LogP contribution in [0.25, 0.3) is 0 Å². The molecule has 0 aliphatic carbocycles. The van der Waals surface area contributed by atoms with Crippen molar-refractivity contribution in [3.63, 3.8) is 0 Å². The number of hydrogen-bond acceptors (Lipinski definition) is 3. The topological polar surface area (TPSA) is 31.6 Å². The van der Waals surface area contributed by atoms with Gasteiger partial charge in [-0.25, -0.2) is 0 Å². The molecule has 0 aliphatic heterocycles. The van der Waals surface area contributed by atoms with E-state index in [2.05, 4.69) is 10.2 Å². The summed E-state index contributed by atoms with van der Waals surface area (Å²) in [6.07, 6.45) is 0. The Labute approximate surface area is 155 Å². The molecule has 1 rings (SSSR count). The van der Waals surface area contributed by atoms with Crippen LogP contribution in [0.1, 0.15) is 2.85 Å². The third-order valence-electron chi connectivity index (χ3n) is 0.452. The van der Waals surface area contributed by atoms with Crippen LogP contribution in [-0.2, 0) is 0 Å². The van der Waals surface area contributed by atoms with Gasteiger partial charge in [-0.2, -0.15) is 0 Å². The first-order valence-corrected chi connectivity index (χ1v) is 3.20. The molecule has 9 heavy (non-hydrogen) atoms. The second-order valence-electron chi connectivity index (χ2n) is 0.927. The van der Waals surface area contributed by atoms with Crippen LogP contribution in [0, 0.1) is 7.91 Å². The minimum absolute atomic E-state index is 0. The van der Waals surface area contributed by atoms with Gasteiger partial charge in [-0.3, -0.25) is 10.2 Å². The van der Waals surface area contributed by atoms with E-state index in [0.29, 0.717) is 7.91 Å². The molecular formula is C2H4K2N2S3. The van der Waals surface area contributed by atoms with Gasteiger partial charge in [-0.05, 0) is 24.4 Å². The van der Waals surface area contributed by atoms with Crippen LogP contribution < -0.4 is 103 Å². The first-order valence-electron chi connectivity index (χ1n) is 1.57. The molecule has 0 saturated heterocycles. The summed E-state index contributed by atoms with van der Waals surface area (Å²) in [5, 5.41) is 5.34. The van der Waals surface area contributed by atoms with Gasteiger partial charge in [0, 0.05) is 0 Å². The molecule has 0 amide bonds. The van der Waals surface area contributed by atoms with Gasteiger partial charge >= 0.3 is 103 Å². The van der Waals surface area contributed by atoms with Crippen molar-refractivity contribution < 1.29 is 106 Å². The normalized spacial score (nSPS) is 7.11. The number of H-pyrrole nitrogens is 2. The van der Waals surface area contributed by atoms with Crippen molar-refractivity contribution in [1.29, 1.82) is 0 Å². The average molecular weight is 230 g/mol. The van der Waals surface area contributed by atoms with E-state index in [1.54, 1.807) is 0 Å². The summed E-state index contributed by atoms with van der Waals surface area (Å²) in [5.41, 5.74) is 0. The Morgan fingerprint density at radius 1 is 1.11 bits per heavy atom. The van der Waals surface area contributed by atoms with Crippen molar-refractivity contribution >= 4 is 35.8 Å². The quantitative estimate of drug-likeness (QED) is 0.353. The summed E-state index contributed by atoms with van der Waals surface area (Å²) in [6, 6.07) is 0. The number of nitrogens with one attached hydrogen (secondary N) is 2. The monoisotopic (exact) mass is 230 g/mol. The van der Waals surface area contributed by atoms with Gasteiger partial charge in [0.2, 0.25) is 0 Å². The van der Waals surface area contributed by atoms with Crippen molar-refractivity contribution in [2.75, 3.05) is 0 Å². The molecule has 0 aliphatic rings. The number of rotatable bonds is 0. The van der Waals surface area contributed by atoms with Crippen LogP contribution >= 0.6 is 35.8 Å². The summed E-state index contributed by atoms with van der Waals surface area (Å²) >= 11 is 10.8. The summed E-state index contributed by atoms with van der Waals surface area (Å²) in [7, 11) is 0. The maximum atomic E-state index is 4.70. The Morgan fingerprint density at radius 3 is 1.56 bits per heavy atom. The number of hydrogen-bond donors (Lipinski definition) is 2. The molecule has 1 heterocycles. The van der Waals surface area contributed by atoms with Gasteiger partial charge in [0.05, 0.1) is 0 Å². The van der Waals surface area contributed by atoms with Gasteiger partial charge in [-0.15, -0.1) is 0 Å². The van der Waals surface area contributed by atoms with Crippen molar-refractivity contribution in [1.82, 2.24) is 10.2 Å². The predicted molar refractivity (Wildman–Crippen MR) is 36.9 cm³/mol. The summed E-state index contributed by atoms with van der Waals surface area (Å²) in [5.74, 6) is 0. The zero-order valence-corrected chi connectivity index (χ0v) is 13.9. The van der Waals surface area contributed by atoms with E-state index < -0.39 is 0 Å². The summed E-state index contributed by atoms with van der Waals surface area (Å²) < 4.78 is 1.40. The van der Waals surface area contributed by atoms with Crippen LogP contribution in [-0.4, -0.2) is 10.2 Å². The fourth-order valence-electron chi connectivity index (χ4n) is 0.237. The zero-order valence-electron chi connectivity index (χ0n) is 7.22. The van der Waals surface area contributed by atoms with Crippen molar-refractivity contribution in [2.45, 2.75) is 0 Å². The van der Waals surface area contributed by atoms with Crippen molar-refractivity contribution in [2.24, 2.45) is 0 Å². The smallest absolute Gasteiger partial charge is 1.00 e. The molecule has 0 atom stereocenters. The Bertz CT molecular complexity index is 230. The summed E-state index contributed by atoms with van der Waals surface area (Å²) in [6.45, 7) is 0. The molecule has 0 radical (unpaired) electrons. The molecule has 0 fully saturated rings. The van der Waals surface area contributed by atoms with Crippen LogP contribution in [0.2, 0.25) is 0 Å². The number of aromatic nitrogens is 2. The first-order chi connectivity index (χ1) is 3.29. The molecule has 0 aromatic carbocycles. The van der Waals surface area contributed by atoms with Crippen LogP contribution in [0.3, 0.4) is 0 Å². The van der Waals surface area contributed by atoms with Gasteiger partial charge in [-0.1, -0.05) is 11.3 Å². The molecular weight excluding hydrogens is 226 g/mol. The molecule has 0 saturated carbocycles. The van der Waals surface area contributed by atoms with E-state index in [1.807, 2.05) is 0 Å². The SMILES string of the molecule is S=c1[nH][nH]c(=S)s1.[H-].[H-].[K+].[K+]. The molecule has 1 aromatic heterocycles. The molecule has 0 spiro atoms. The van der Waals surface area contributed by atoms with E-state index in [9.17, 15) is 0 Å². The first kappa shape index (κ1) is 14.8. The van der Waals surface area contributed by atoms with Crippen molar-refractivity contribution in [3.8, 4) is 0 Å². The molecule has 7 heteroatoms. The van der Waals surface area contributed by atoms with Gasteiger partial charge < -0.3 is 2.85 Å². The Morgan fingerprint density at radius 2 is 1.44 bits per heavy atom. The average Bonchev–Trinajstić information content (AvgIpc) is 1.87. The van der Waals surface area contributed by atoms with E-state index >= 15 is 0 Å². The van der Waals surface area contributed by atoms with E-state index in [1.165, 1.54) is 11.3 Å². The predicted octanol–water partition coefficient (Wildman–Crippen LogP) is -3.90. The molecule has 2 nitrogen and oxygen atoms in total. The van der Waals surface area contributed by atoms with E-state index in [0.717, 1.165) is 0 Å². The summed E-state index contributed by atoms with van der Waals surface area (Å²) in [4.78, 5) is 0. The largest absolute Gasteiger partial charge is 1.00 e. The molecule has 42 valence electrons. The standard InChI is InChI=1S/C2H2N2S3.2K.2H/c5-1-3-4-2(6)7-1;;;;/h(H,3,5)(H,4,6);;;;/q;2*+1;2*-1. The van der Waals surface area contributed by atoms with Gasteiger partial charge in [0.1, 0.15) is 0 Å². The van der Waals surface area contributed by atoms with Crippen LogP contribution in [0.15, 0.2) is 0 Å². The van der Waals surface area contributed by atoms with Gasteiger partial charge in [0.25, 0.3) is 0 Å². The van der Waals surface area contributed by atoms with E-state index in [4.69, 9.17) is 24.4 Å². The third-order valence-corrected chi connectivity index (χ3v) is 1.73. The molecule has 1 aromatic rings. The second kappa shape index (κ2) is 7.90. The maximum Gasteiger partial charge on any atom is 1.00 e. The third kappa shape index (κ3) is 6.44. The molecule has 0 bridgehead atoms. The minimum atomic E-state index is 0. The molecule has 2 N–H and O–H groups in total. The Hall–Kier alpha value is 3.27. The van der Waals surface area contributed by atoms with E-state index in [-0.39, 0.29) is 106 Å². The zero-order chi connectivity index (χ0) is 5.28. The maximum absolute atomic E-state index is 4.70. The Balaban J connectivity index is -0.0000000612. The van der Waals surface area contributed by atoms with Crippen molar-refractivity contribution in [3.05, 3.63) is 7.91 Å². The second-order valence-corrected chi connectivity index (χ2v) is 3.28.